The van der Waals surface area contributed by atoms with Gasteiger partial charge in [-0.05, 0) is 13.3 Å². The Morgan fingerprint density at radius 1 is 1.41 bits per heavy atom. The van der Waals surface area contributed by atoms with E-state index >= 15 is 0 Å². The summed E-state index contributed by atoms with van der Waals surface area (Å²) in [4.78, 5) is 8.18. The molecule has 0 saturated carbocycles. The first-order chi connectivity index (χ1) is 8.19. The molecule has 0 unspecified atom stereocenters. The molecule has 90 valence electrons. The summed E-state index contributed by atoms with van der Waals surface area (Å²) >= 11 is 1.45. The van der Waals surface area contributed by atoms with Crippen LogP contribution in [0.2, 0.25) is 0 Å². The molecule has 5 nitrogen and oxygen atoms in total. The number of aryl methyl sites for hydroxylation is 2. The van der Waals surface area contributed by atoms with Gasteiger partial charge in [-0.3, -0.25) is 0 Å². The Kier molecular flexibility index (Phi) is 3.63. The highest BCUT2D eigenvalue weighted by Gasteiger charge is 2.08. The first kappa shape index (κ1) is 11.9. The van der Waals surface area contributed by atoms with Gasteiger partial charge in [-0.2, -0.15) is 4.98 Å². The summed E-state index contributed by atoms with van der Waals surface area (Å²) in [5, 5.41) is 13.8. The zero-order valence-electron chi connectivity index (χ0n) is 9.67. The molecule has 0 aromatic carbocycles. The van der Waals surface area contributed by atoms with Crippen LogP contribution in [0, 0.1) is 6.92 Å². The zero-order valence-corrected chi connectivity index (χ0v) is 10.5. The fraction of sp³-hybridized carbons (Fsp3) is 0.364. The number of hydrogen-bond donors (Lipinski definition) is 1. The quantitative estimate of drug-likeness (QED) is 0.664. The smallest absolute Gasteiger partial charge is 0.215 e. The second kappa shape index (κ2) is 5.18. The maximum Gasteiger partial charge on any atom is 0.215 e. The summed E-state index contributed by atoms with van der Waals surface area (Å²) in [6, 6.07) is 1.53. The van der Waals surface area contributed by atoms with E-state index in [9.17, 15) is 5.11 Å². The Bertz CT molecular complexity index is 493. The predicted octanol–water partition coefficient (Wildman–Crippen LogP) is 2.33. The topological polar surface area (TPSA) is 72.0 Å². The van der Waals surface area contributed by atoms with E-state index in [-0.39, 0.29) is 5.88 Å². The van der Waals surface area contributed by atoms with Gasteiger partial charge in [0.2, 0.25) is 5.88 Å². The van der Waals surface area contributed by atoms with Crippen LogP contribution in [0.3, 0.4) is 0 Å². The predicted molar refractivity (Wildman–Crippen MR) is 63.9 cm³/mol. The number of hydrogen-bond acceptors (Lipinski definition) is 6. The van der Waals surface area contributed by atoms with E-state index in [0.29, 0.717) is 10.9 Å². The van der Waals surface area contributed by atoms with Gasteiger partial charge in [-0.25, -0.2) is 4.98 Å². The number of aromatic hydroxyl groups is 1. The van der Waals surface area contributed by atoms with Crippen molar-refractivity contribution in [1.29, 1.82) is 0 Å². The van der Waals surface area contributed by atoms with Gasteiger partial charge in [0.1, 0.15) is 6.26 Å². The van der Waals surface area contributed by atoms with E-state index in [0.717, 1.165) is 23.4 Å². The maximum absolute atomic E-state index is 9.36. The lowest BCUT2D eigenvalue weighted by atomic mass is 10.2. The van der Waals surface area contributed by atoms with Crippen molar-refractivity contribution in [2.75, 3.05) is 0 Å². The van der Waals surface area contributed by atoms with E-state index in [2.05, 4.69) is 15.1 Å². The largest absolute Gasteiger partial charge is 0.493 e. The van der Waals surface area contributed by atoms with E-state index in [1.807, 2.05) is 13.8 Å². The SMILES string of the molecule is CCc1nocc1CSc1nc(C)cc(O)n1. The van der Waals surface area contributed by atoms with Gasteiger partial charge < -0.3 is 9.63 Å². The molecule has 0 fully saturated rings. The van der Waals surface area contributed by atoms with Crippen LogP contribution >= 0.6 is 11.8 Å². The monoisotopic (exact) mass is 251 g/mol. The van der Waals surface area contributed by atoms with Gasteiger partial charge in [0.25, 0.3) is 0 Å². The Labute approximate surface area is 103 Å². The van der Waals surface area contributed by atoms with Crippen molar-refractivity contribution in [3.8, 4) is 5.88 Å². The molecule has 0 aliphatic rings. The van der Waals surface area contributed by atoms with E-state index in [4.69, 9.17) is 4.52 Å². The van der Waals surface area contributed by atoms with Crippen molar-refractivity contribution in [3.63, 3.8) is 0 Å². The molecule has 2 rings (SSSR count). The van der Waals surface area contributed by atoms with Crippen molar-refractivity contribution >= 4 is 11.8 Å². The average molecular weight is 251 g/mol. The van der Waals surface area contributed by atoms with Crippen LogP contribution in [0.5, 0.6) is 5.88 Å². The fourth-order valence-corrected chi connectivity index (χ4v) is 2.31. The Morgan fingerprint density at radius 2 is 2.24 bits per heavy atom. The molecule has 0 saturated heterocycles. The van der Waals surface area contributed by atoms with Crippen LogP contribution in [0.25, 0.3) is 0 Å². The molecular formula is C11H13N3O2S. The lowest BCUT2D eigenvalue weighted by Crippen LogP contribution is -1.92. The molecular weight excluding hydrogens is 238 g/mol. The summed E-state index contributed by atoms with van der Waals surface area (Å²) in [6.45, 7) is 3.85. The van der Waals surface area contributed by atoms with Crippen LogP contribution in [0.1, 0.15) is 23.9 Å². The number of rotatable bonds is 4. The molecule has 0 bridgehead atoms. The number of aromatic nitrogens is 3. The van der Waals surface area contributed by atoms with Crippen LogP contribution < -0.4 is 0 Å². The molecule has 0 aliphatic carbocycles. The third-order valence-electron chi connectivity index (χ3n) is 2.24. The average Bonchev–Trinajstić information content (AvgIpc) is 2.72. The van der Waals surface area contributed by atoms with Crippen LogP contribution in [-0.2, 0) is 12.2 Å². The summed E-state index contributed by atoms with van der Waals surface area (Å²) in [5.41, 5.74) is 2.75. The zero-order chi connectivity index (χ0) is 12.3. The van der Waals surface area contributed by atoms with Gasteiger partial charge in [-0.1, -0.05) is 23.8 Å². The van der Waals surface area contributed by atoms with Crippen LogP contribution in [0.15, 0.2) is 22.0 Å². The minimum Gasteiger partial charge on any atom is -0.493 e. The summed E-state index contributed by atoms with van der Waals surface area (Å²) in [5.74, 6) is 0.691. The molecule has 2 heterocycles. The highest BCUT2D eigenvalue weighted by Crippen LogP contribution is 2.23. The highest BCUT2D eigenvalue weighted by atomic mass is 32.2. The third kappa shape index (κ3) is 2.97. The standard InChI is InChI=1S/C11H13N3O2S/c1-3-9-8(5-16-14-9)6-17-11-12-7(2)4-10(15)13-11/h4-5H,3,6H2,1-2H3,(H,12,13,15). The second-order valence-electron chi connectivity index (χ2n) is 3.58. The summed E-state index contributed by atoms with van der Waals surface area (Å²) in [6.07, 6.45) is 2.48. The van der Waals surface area contributed by atoms with Gasteiger partial charge in [0, 0.05) is 23.1 Å². The van der Waals surface area contributed by atoms with Gasteiger partial charge in [0.15, 0.2) is 5.16 Å². The van der Waals surface area contributed by atoms with E-state index in [1.165, 1.54) is 17.8 Å². The van der Waals surface area contributed by atoms with Gasteiger partial charge in [0.05, 0.1) is 5.69 Å². The van der Waals surface area contributed by atoms with E-state index in [1.54, 1.807) is 6.26 Å². The minimum atomic E-state index is 0.000957. The fourth-order valence-electron chi connectivity index (χ4n) is 1.42. The van der Waals surface area contributed by atoms with Crippen molar-refractivity contribution in [3.05, 3.63) is 29.3 Å². The third-order valence-corrected chi connectivity index (χ3v) is 3.14. The van der Waals surface area contributed by atoms with Crippen LogP contribution in [-0.4, -0.2) is 20.2 Å². The molecule has 2 aromatic heterocycles. The second-order valence-corrected chi connectivity index (χ2v) is 4.52. The van der Waals surface area contributed by atoms with Crippen molar-refractivity contribution < 1.29 is 9.63 Å². The number of nitrogens with zero attached hydrogens (tertiary/aromatic N) is 3. The Hall–Kier alpha value is -1.56. The minimum absolute atomic E-state index is 0.000957. The maximum atomic E-state index is 9.36. The lowest BCUT2D eigenvalue weighted by Gasteiger charge is -2.01. The first-order valence-electron chi connectivity index (χ1n) is 5.28. The molecule has 0 aliphatic heterocycles. The Balaban J connectivity index is 2.07. The number of thioether (sulfide) groups is 1. The summed E-state index contributed by atoms with van der Waals surface area (Å²) < 4.78 is 4.92. The van der Waals surface area contributed by atoms with Gasteiger partial charge >= 0.3 is 0 Å². The molecule has 0 spiro atoms. The highest BCUT2D eigenvalue weighted by molar-refractivity contribution is 7.98. The Morgan fingerprint density at radius 3 is 2.94 bits per heavy atom. The van der Waals surface area contributed by atoms with Crippen molar-refractivity contribution in [1.82, 2.24) is 15.1 Å². The molecule has 1 N–H and O–H groups in total. The molecule has 0 radical (unpaired) electrons. The molecule has 0 amide bonds. The first-order valence-corrected chi connectivity index (χ1v) is 6.27. The normalized spacial score (nSPS) is 10.7. The molecule has 2 aromatic rings. The molecule has 17 heavy (non-hydrogen) atoms. The molecule has 0 atom stereocenters. The van der Waals surface area contributed by atoms with Gasteiger partial charge in [-0.15, -0.1) is 0 Å². The summed E-state index contributed by atoms with van der Waals surface area (Å²) in [7, 11) is 0. The van der Waals surface area contributed by atoms with Crippen molar-refractivity contribution in [2.45, 2.75) is 31.2 Å². The van der Waals surface area contributed by atoms with Crippen molar-refractivity contribution in [2.24, 2.45) is 0 Å². The van der Waals surface area contributed by atoms with E-state index < -0.39 is 0 Å². The molecule has 6 heteroatoms. The lowest BCUT2D eigenvalue weighted by molar-refractivity contribution is 0.412. The van der Waals surface area contributed by atoms with Crippen LogP contribution in [0.4, 0.5) is 0 Å².